The summed E-state index contributed by atoms with van der Waals surface area (Å²) in [5, 5.41) is 21.1. The molecule has 3 N–H and O–H groups in total. The van der Waals surface area contributed by atoms with Gasteiger partial charge in [0.25, 0.3) is 0 Å². The summed E-state index contributed by atoms with van der Waals surface area (Å²) in [6, 6.07) is -0.269. The minimum Gasteiger partial charge on any atom is -0.480 e. The summed E-state index contributed by atoms with van der Waals surface area (Å²) in [5.41, 5.74) is -1.08. The smallest absolute Gasteiger partial charge is 0.329 e. The Labute approximate surface area is 119 Å². The Morgan fingerprint density at radius 2 is 1.95 bits per heavy atom. The molecule has 1 atom stereocenters. The summed E-state index contributed by atoms with van der Waals surface area (Å²) in [7, 11) is 0. The standard InChI is InChI=1S/C14H24N2O4/c17-9-5-11-4-8-16(10-11)13(20)15-14(12(18)19)6-2-1-3-7-14/h11,17H,1-10H2,(H,15,20)(H,18,19). The molecule has 6 heteroatoms. The van der Waals surface area contributed by atoms with Crippen LogP contribution in [-0.2, 0) is 4.79 Å². The quantitative estimate of drug-likeness (QED) is 0.723. The molecule has 0 bridgehead atoms. The van der Waals surface area contributed by atoms with E-state index in [4.69, 9.17) is 5.11 Å². The Balaban J connectivity index is 1.94. The van der Waals surface area contributed by atoms with Gasteiger partial charge in [-0.3, -0.25) is 0 Å². The van der Waals surface area contributed by atoms with Crippen molar-refractivity contribution in [2.75, 3.05) is 19.7 Å². The molecule has 114 valence electrons. The van der Waals surface area contributed by atoms with Gasteiger partial charge in [0, 0.05) is 19.7 Å². The monoisotopic (exact) mass is 284 g/mol. The van der Waals surface area contributed by atoms with Gasteiger partial charge in [-0.1, -0.05) is 19.3 Å². The molecule has 2 aliphatic rings. The number of carbonyl (C=O) groups is 2. The van der Waals surface area contributed by atoms with Crippen molar-refractivity contribution in [3.63, 3.8) is 0 Å². The first-order chi connectivity index (χ1) is 9.57. The highest BCUT2D eigenvalue weighted by Gasteiger charge is 2.42. The number of hydrogen-bond donors (Lipinski definition) is 3. The average Bonchev–Trinajstić information content (AvgIpc) is 2.89. The van der Waals surface area contributed by atoms with E-state index in [0.717, 1.165) is 25.7 Å². The van der Waals surface area contributed by atoms with Gasteiger partial charge >= 0.3 is 12.0 Å². The fraction of sp³-hybridized carbons (Fsp3) is 0.857. The van der Waals surface area contributed by atoms with Crippen LogP contribution >= 0.6 is 0 Å². The summed E-state index contributed by atoms with van der Waals surface area (Å²) >= 11 is 0. The summed E-state index contributed by atoms with van der Waals surface area (Å²) < 4.78 is 0. The SMILES string of the molecule is O=C(NC1(C(=O)O)CCCCC1)N1CCC(CCO)C1. The van der Waals surface area contributed by atoms with Crippen LogP contribution in [0.4, 0.5) is 4.79 Å². The van der Waals surface area contributed by atoms with Crippen molar-refractivity contribution in [3.05, 3.63) is 0 Å². The third-order valence-electron chi connectivity index (χ3n) is 4.57. The zero-order valence-corrected chi connectivity index (χ0v) is 11.8. The molecule has 0 spiro atoms. The lowest BCUT2D eigenvalue weighted by molar-refractivity contribution is -0.145. The lowest BCUT2D eigenvalue weighted by Gasteiger charge is -2.35. The van der Waals surface area contributed by atoms with E-state index in [1.807, 2.05) is 0 Å². The van der Waals surface area contributed by atoms with Crippen LogP contribution in [-0.4, -0.2) is 52.3 Å². The van der Waals surface area contributed by atoms with Gasteiger partial charge in [0.2, 0.25) is 0 Å². The summed E-state index contributed by atoms with van der Waals surface area (Å²) in [6.07, 6.45) is 5.35. The van der Waals surface area contributed by atoms with E-state index < -0.39 is 11.5 Å². The van der Waals surface area contributed by atoms with Crippen LogP contribution < -0.4 is 5.32 Å². The molecule has 1 heterocycles. The van der Waals surface area contributed by atoms with Crippen LogP contribution in [0.2, 0.25) is 0 Å². The number of aliphatic hydroxyl groups is 1. The second kappa shape index (κ2) is 6.43. The summed E-state index contributed by atoms with van der Waals surface area (Å²) in [6.45, 7) is 1.40. The molecule has 1 aliphatic carbocycles. The number of rotatable bonds is 4. The van der Waals surface area contributed by atoms with Gasteiger partial charge in [-0.25, -0.2) is 9.59 Å². The molecule has 1 unspecified atom stereocenters. The average molecular weight is 284 g/mol. The lowest BCUT2D eigenvalue weighted by Crippen LogP contribution is -2.58. The number of nitrogens with one attached hydrogen (secondary N) is 1. The lowest BCUT2D eigenvalue weighted by atomic mass is 9.82. The van der Waals surface area contributed by atoms with Crippen molar-refractivity contribution in [2.24, 2.45) is 5.92 Å². The largest absolute Gasteiger partial charge is 0.480 e. The van der Waals surface area contributed by atoms with Crippen LogP contribution in [0.5, 0.6) is 0 Å². The van der Waals surface area contributed by atoms with E-state index in [2.05, 4.69) is 5.32 Å². The van der Waals surface area contributed by atoms with E-state index in [0.29, 0.717) is 38.3 Å². The predicted molar refractivity (Wildman–Crippen MR) is 73.4 cm³/mol. The molecule has 2 amide bonds. The molecule has 2 rings (SSSR count). The molecule has 0 radical (unpaired) electrons. The third-order valence-corrected chi connectivity index (χ3v) is 4.57. The number of likely N-dealkylation sites (tertiary alicyclic amines) is 1. The number of hydrogen-bond acceptors (Lipinski definition) is 3. The fourth-order valence-electron chi connectivity index (χ4n) is 3.27. The second-order valence-corrected chi connectivity index (χ2v) is 5.99. The topological polar surface area (TPSA) is 89.9 Å². The number of amides is 2. The summed E-state index contributed by atoms with van der Waals surface area (Å²) in [4.78, 5) is 25.5. The maximum atomic E-state index is 12.3. The number of nitrogens with zero attached hydrogens (tertiary/aromatic N) is 1. The number of urea groups is 1. The Morgan fingerprint density at radius 1 is 1.25 bits per heavy atom. The number of carboxylic acids is 1. The first kappa shape index (κ1) is 15.1. The van der Waals surface area contributed by atoms with Crippen LogP contribution in [0, 0.1) is 5.92 Å². The first-order valence-corrected chi connectivity index (χ1v) is 7.49. The van der Waals surface area contributed by atoms with Crippen molar-refractivity contribution in [2.45, 2.75) is 50.5 Å². The Kier molecular flexibility index (Phi) is 4.86. The van der Waals surface area contributed by atoms with Gasteiger partial charge in [-0.2, -0.15) is 0 Å². The van der Waals surface area contributed by atoms with Gasteiger partial charge in [-0.05, 0) is 31.6 Å². The maximum Gasteiger partial charge on any atom is 0.329 e. The van der Waals surface area contributed by atoms with Crippen LogP contribution in [0.15, 0.2) is 0 Å². The highest BCUT2D eigenvalue weighted by molar-refractivity contribution is 5.86. The molecule has 1 aliphatic heterocycles. The van der Waals surface area contributed by atoms with Crippen LogP contribution in [0.3, 0.4) is 0 Å². The maximum absolute atomic E-state index is 12.3. The van der Waals surface area contributed by atoms with Gasteiger partial charge < -0.3 is 20.4 Å². The fourth-order valence-corrected chi connectivity index (χ4v) is 3.27. The van der Waals surface area contributed by atoms with Gasteiger partial charge in [0.05, 0.1) is 0 Å². The molecule has 6 nitrogen and oxygen atoms in total. The summed E-state index contributed by atoms with van der Waals surface area (Å²) in [5.74, 6) is -0.588. The zero-order valence-electron chi connectivity index (χ0n) is 11.8. The third kappa shape index (κ3) is 3.23. The minimum absolute atomic E-state index is 0.138. The van der Waals surface area contributed by atoms with Crippen molar-refractivity contribution in [1.82, 2.24) is 10.2 Å². The molecule has 0 aromatic carbocycles. The number of aliphatic hydroxyl groups excluding tert-OH is 1. The van der Waals surface area contributed by atoms with Crippen LogP contribution in [0.25, 0.3) is 0 Å². The molecule has 1 saturated carbocycles. The molecule has 0 aromatic rings. The molecule has 0 aromatic heterocycles. The highest BCUT2D eigenvalue weighted by Crippen LogP contribution is 2.29. The first-order valence-electron chi connectivity index (χ1n) is 7.49. The van der Waals surface area contributed by atoms with Gasteiger partial charge in [0.15, 0.2) is 0 Å². The minimum atomic E-state index is -1.08. The molecule has 1 saturated heterocycles. The van der Waals surface area contributed by atoms with Crippen LogP contribution in [0.1, 0.15) is 44.9 Å². The van der Waals surface area contributed by atoms with Gasteiger partial charge in [-0.15, -0.1) is 0 Å². The van der Waals surface area contributed by atoms with Crippen molar-refractivity contribution >= 4 is 12.0 Å². The van der Waals surface area contributed by atoms with E-state index in [1.54, 1.807) is 4.90 Å². The molecule has 2 fully saturated rings. The number of carbonyl (C=O) groups excluding carboxylic acids is 1. The zero-order chi connectivity index (χ0) is 14.6. The Hall–Kier alpha value is -1.30. The second-order valence-electron chi connectivity index (χ2n) is 5.99. The molecular weight excluding hydrogens is 260 g/mol. The van der Waals surface area contributed by atoms with E-state index >= 15 is 0 Å². The van der Waals surface area contributed by atoms with E-state index in [9.17, 15) is 14.7 Å². The predicted octanol–water partition coefficient (Wildman–Crippen LogP) is 1.19. The molecular formula is C14H24N2O4. The number of carboxylic acid groups (broad SMARTS) is 1. The van der Waals surface area contributed by atoms with E-state index in [1.165, 1.54) is 0 Å². The normalized spacial score (nSPS) is 25.4. The Bertz CT molecular complexity index is 366. The van der Waals surface area contributed by atoms with Gasteiger partial charge in [0.1, 0.15) is 5.54 Å². The number of aliphatic carboxylic acids is 1. The van der Waals surface area contributed by atoms with E-state index in [-0.39, 0.29) is 12.6 Å². The van der Waals surface area contributed by atoms with Crippen molar-refractivity contribution in [1.29, 1.82) is 0 Å². The van der Waals surface area contributed by atoms with Crippen molar-refractivity contribution < 1.29 is 19.8 Å². The molecule has 20 heavy (non-hydrogen) atoms. The highest BCUT2D eigenvalue weighted by atomic mass is 16.4. The van der Waals surface area contributed by atoms with Crippen molar-refractivity contribution in [3.8, 4) is 0 Å². The Morgan fingerprint density at radius 3 is 2.55 bits per heavy atom.